The van der Waals surface area contributed by atoms with Crippen LogP contribution in [0.25, 0.3) is 16.8 Å². The number of benzene rings is 2. The molecule has 0 spiro atoms. The van der Waals surface area contributed by atoms with Gasteiger partial charge in [0.2, 0.25) is 0 Å². The lowest BCUT2D eigenvalue weighted by Crippen LogP contribution is -2.58. The van der Waals surface area contributed by atoms with E-state index in [0.29, 0.717) is 31.6 Å². The lowest BCUT2D eigenvalue weighted by molar-refractivity contribution is -0.292. The molecule has 1 aromatic heterocycles. The Hall–Kier alpha value is -3.90. The van der Waals surface area contributed by atoms with Crippen molar-refractivity contribution in [2.45, 2.75) is 109 Å². The standard InChI is InChI=1S/C37H52N6O7/c1-8-37(6,20-28-22-43(41-40-28)23-30-31(44)32(45)33(46)35(48-7)50-30)49-16-15-36(4,5)39-34(47)27(21-38)18-24-11-12-26-19-29(42(9-2)10-3)14-13-25(26)17-24/h11-14,17-19,22,30-33,35,44-46H,8-10,15-16,20,23H2,1-7H3,(H,39,47)/b27-18+/t30-,31-,32+,33-,35+,37?/m1/s1. The number of carbonyl (C=O) groups is 1. The van der Waals surface area contributed by atoms with Crippen LogP contribution in [-0.4, -0.2) is 105 Å². The highest BCUT2D eigenvalue weighted by Crippen LogP contribution is 2.26. The second-order valence-corrected chi connectivity index (χ2v) is 13.7. The summed E-state index contributed by atoms with van der Waals surface area (Å²) in [6.45, 7) is 14.3. The summed E-state index contributed by atoms with van der Waals surface area (Å²) in [6.07, 6.45) is -1.10. The summed E-state index contributed by atoms with van der Waals surface area (Å²) in [5, 5.41) is 54.0. The summed E-state index contributed by atoms with van der Waals surface area (Å²) >= 11 is 0. The van der Waals surface area contributed by atoms with E-state index in [0.717, 1.165) is 35.1 Å². The molecule has 1 amide bonds. The molecule has 4 rings (SSSR count). The largest absolute Gasteiger partial charge is 0.388 e. The fourth-order valence-corrected chi connectivity index (χ4v) is 6.05. The maximum Gasteiger partial charge on any atom is 0.262 e. The molecule has 1 unspecified atom stereocenters. The number of ether oxygens (including phenoxy) is 3. The third-order valence-electron chi connectivity index (χ3n) is 9.44. The number of nitriles is 1. The first kappa shape index (κ1) is 38.9. The highest BCUT2D eigenvalue weighted by atomic mass is 16.7. The van der Waals surface area contributed by atoms with Gasteiger partial charge in [-0.05, 0) is 88.1 Å². The number of nitrogens with one attached hydrogen (secondary N) is 1. The van der Waals surface area contributed by atoms with Crippen LogP contribution in [-0.2, 0) is 32.0 Å². The zero-order chi connectivity index (χ0) is 36.6. The van der Waals surface area contributed by atoms with E-state index in [2.05, 4.69) is 58.6 Å². The Kier molecular flexibility index (Phi) is 13.1. The first-order valence-corrected chi connectivity index (χ1v) is 17.2. The van der Waals surface area contributed by atoms with Crippen molar-refractivity contribution in [1.82, 2.24) is 20.3 Å². The number of hydrogen-bond donors (Lipinski definition) is 4. The summed E-state index contributed by atoms with van der Waals surface area (Å²) in [5.74, 6) is -0.449. The van der Waals surface area contributed by atoms with Crippen molar-refractivity contribution < 1.29 is 34.3 Å². The SMILES string of the molecule is CCN(CC)c1ccc2cc(/C=C(\C#N)C(=O)NC(C)(C)CCOC(C)(CC)Cc3cn(C[C@H]4O[C@H](OC)[C@H](O)[C@@H](O)[C@@H]4O)nn3)ccc2c1. The minimum atomic E-state index is -1.42. The predicted octanol–water partition coefficient (Wildman–Crippen LogP) is 3.35. The molecule has 3 aromatic rings. The smallest absolute Gasteiger partial charge is 0.262 e. The topological polar surface area (TPSA) is 175 Å². The van der Waals surface area contributed by atoms with Gasteiger partial charge in [-0.25, -0.2) is 4.68 Å². The van der Waals surface area contributed by atoms with Crippen molar-refractivity contribution >= 4 is 28.4 Å². The van der Waals surface area contributed by atoms with Gasteiger partial charge >= 0.3 is 0 Å². The maximum atomic E-state index is 13.2. The van der Waals surface area contributed by atoms with Crippen LogP contribution in [0.1, 0.15) is 65.6 Å². The Balaban J connectivity index is 1.32. The quantitative estimate of drug-likeness (QED) is 0.128. The lowest BCUT2D eigenvalue weighted by Gasteiger charge is -2.39. The fourth-order valence-electron chi connectivity index (χ4n) is 6.05. The molecular formula is C37H52N6O7. The van der Waals surface area contributed by atoms with E-state index in [-0.39, 0.29) is 12.1 Å². The average molecular weight is 693 g/mol. The number of nitrogens with zero attached hydrogens (tertiary/aromatic N) is 5. The van der Waals surface area contributed by atoms with Crippen LogP contribution < -0.4 is 10.2 Å². The number of aliphatic hydroxyl groups is 3. The van der Waals surface area contributed by atoms with Crippen molar-refractivity contribution in [2.75, 3.05) is 31.7 Å². The molecule has 4 N–H and O–H groups in total. The van der Waals surface area contributed by atoms with Gasteiger partial charge in [-0.1, -0.05) is 30.3 Å². The van der Waals surface area contributed by atoms with Gasteiger partial charge in [0.15, 0.2) is 6.29 Å². The third kappa shape index (κ3) is 9.66. The molecule has 1 fully saturated rings. The van der Waals surface area contributed by atoms with E-state index in [9.17, 15) is 25.4 Å². The molecule has 6 atom stereocenters. The average Bonchev–Trinajstić information content (AvgIpc) is 3.53. The number of aromatic nitrogens is 3. The molecule has 0 bridgehead atoms. The summed E-state index contributed by atoms with van der Waals surface area (Å²) in [7, 11) is 1.35. The van der Waals surface area contributed by atoms with Crippen LogP contribution in [0.4, 0.5) is 5.69 Å². The van der Waals surface area contributed by atoms with Crippen LogP contribution in [0.5, 0.6) is 0 Å². The van der Waals surface area contributed by atoms with Gasteiger partial charge in [-0.2, -0.15) is 5.26 Å². The van der Waals surface area contributed by atoms with Crippen LogP contribution in [0.3, 0.4) is 0 Å². The monoisotopic (exact) mass is 692 g/mol. The van der Waals surface area contributed by atoms with Gasteiger partial charge < -0.3 is 39.7 Å². The minimum Gasteiger partial charge on any atom is -0.388 e. The molecule has 13 heteroatoms. The molecule has 1 aliphatic rings. The van der Waals surface area contributed by atoms with Crippen molar-refractivity contribution in [3.63, 3.8) is 0 Å². The highest BCUT2D eigenvalue weighted by Gasteiger charge is 2.44. The van der Waals surface area contributed by atoms with Gasteiger partial charge in [-0.15, -0.1) is 5.10 Å². The molecule has 0 saturated carbocycles. The zero-order valence-electron chi connectivity index (χ0n) is 30.2. The van der Waals surface area contributed by atoms with E-state index in [4.69, 9.17) is 14.2 Å². The predicted molar refractivity (Wildman–Crippen MR) is 190 cm³/mol. The van der Waals surface area contributed by atoms with Crippen LogP contribution in [0.15, 0.2) is 48.2 Å². The minimum absolute atomic E-state index is 0.0224. The normalized spacial score (nSPS) is 22.6. The van der Waals surface area contributed by atoms with Gasteiger partial charge in [0, 0.05) is 50.7 Å². The maximum absolute atomic E-state index is 13.2. The Bertz CT molecular complexity index is 1660. The van der Waals surface area contributed by atoms with Crippen LogP contribution in [0.2, 0.25) is 0 Å². The van der Waals surface area contributed by atoms with E-state index in [1.807, 2.05) is 45.9 Å². The molecular weight excluding hydrogens is 640 g/mol. The van der Waals surface area contributed by atoms with Gasteiger partial charge in [0.1, 0.15) is 36.1 Å². The number of hydrogen-bond acceptors (Lipinski definition) is 11. The second kappa shape index (κ2) is 16.9. The molecule has 2 heterocycles. The molecule has 13 nitrogen and oxygen atoms in total. The number of fused-ring (bicyclic) bond motifs is 1. The van der Waals surface area contributed by atoms with Crippen molar-refractivity contribution in [3.05, 3.63) is 59.4 Å². The lowest BCUT2D eigenvalue weighted by atomic mass is 9.96. The Morgan fingerprint density at radius 2 is 1.78 bits per heavy atom. The molecule has 50 heavy (non-hydrogen) atoms. The number of methoxy groups -OCH3 is 1. The Morgan fingerprint density at radius 1 is 1.08 bits per heavy atom. The van der Waals surface area contributed by atoms with E-state index < -0.39 is 47.8 Å². The van der Waals surface area contributed by atoms with E-state index in [1.165, 1.54) is 11.8 Å². The summed E-state index contributed by atoms with van der Waals surface area (Å²) < 4.78 is 18.5. The third-order valence-corrected chi connectivity index (χ3v) is 9.44. The van der Waals surface area contributed by atoms with Gasteiger partial charge in [0.05, 0.1) is 17.8 Å². The molecule has 2 aromatic carbocycles. The Morgan fingerprint density at radius 3 is 2.44 bits per heavy atom. The van der Waals surface area contributed by atoms with Crippen LogP contribution in [0, 0.1) is 11.3 Å². The first-order valence-electron chi connectivity index (χ1n) is 17.2. The number of rotatable bonds is 16. The zero-order valence-corrected chi connectivity index (χ0v) is 30.2. The number of aliphatic hydroxyl groups excluding tert-OH is 3. The highest BCUT2D eigenvalue weighted by molar-refractivity contribution is 6.02. The van der Waals surface area contributed by atoms with Gasteiger partial charge in [0.25, 0.3) is 5.91 Å². The van der Waals surface area contributed by atoms with Crippen molar-refractivity contribution in [3.8, 4) is 6.07 Å². The van der Waals surface area contributed by atoms with Crippen molar-refractivity contribution in [2.24, 2.45) is 0 Å². The summed E-state index contributed by atoms with van der Waals surface area (Å²) in [4.78, 5) is 15.5. The summed E-state index contributed by atoms with van der Waals surface area (Å²) in [5.41, 5.74) is 1.38. The van der Waals surface area contributed by atoms with E-state index >= 15 is 0 Å². The summed E-state index contributed by atoms with van der Waals surface area (Å²) in [6, 6.07) is 14.3. The van der Waals surface area contributed by atoms with Gasteiger partial charge in [-0.3, -0.25) is 4.79 Å². The molecule has 272 valence electrons. The number of amides is 1. The molecule has 0 aliphatic carbocycles. The molecule has 0 radical (unpaired) electrons. The second-order valence-electron chi connectivity index (χ2n) is 13.7. The van der Waals surface area contributed by atoms with E-state index in [1.54, 1.807) is 12.3 Å². The van der Waals surface area contributed by atoms with Crippen molar-refractivity contribution in [1.29, 1.82) is 5.26 Å². The number of anilines is 1. The molecule has 1 aliphatic heterocycles. The fraction of sp³-hybridized carbons (Fsp3) is 0.568. The molecule has 1 saturated heterocycles. The Labute approximate surface area is 294 Å². The van der Waals surface area contributed by atoms with Crippen LogP contribution >= 0.6 is 0 Å². The number of carbonyl (C=O) groups excluding carboxylic acids is 1. The first-order chi connectivity index (χ1) is 23.7.